The van der Waals surface area contributed by atoms with Crippen LogP contribution in [0.1, 0.15) is 20.3 Å². The number of nitrogens with one attached hydrogen (secondary N) is 2. The number of nitrogens with two attached hydrogens (primary N) is 1. The number of hydrogen-bond donors (Lipinski definition) is 3. The van der Waals surface area contributed by atoms with E-state index in [-0.39, 0.29) is 5.54 Å². The Morgan fingerprint density at radius 3 is 2.11 bits per heavy atom. The van der Waals surface area contributed by atoms with Gasteiger partial charge in [-0.2, -0.15) is 0 Å². The van der Waals surface area contributed by atoms with Crippen molar-refractivity contribution in [2.75, 3.05) is 22.8 Å². The van der Waals surface area contributed by atoms with Crippen molar-refractivity contribution in [3.8, 4) is 0 Å². The van der Waals surface area contributed by atoms with Crippen LogP contribution in [-0.4, -0.2) is 26.8 Å². The van der Waals surface area contributed by atoms with Crippen LogP contribution in [0.3, 0.4) is 0 Å². The molecule has 0 amide bonds. The maximum Gasteiger partial charge on any atom is 0.229 e. The molecule has 0 heterocycles. The van der Waals surface area contributed by atoms with Crippen LogP contribution in [-0.2, 0) is 10.0 Å². The zero-order chi connectivity index (χ0) is 13.8. The number of benzene rings is 1. The Kier molecular flexibility index (Phi) is 4.59. The third-order valence-corrected chi connectivity index (χ3v) is 2.89. The van der Waals surface area contributed by atoms with Crippen LogP contribution >= 0.6 is 0 Å². The van der Waals surface area contributed by atoms with E-state index in [1.807, 2.05) is 26.0 Å². The number of anilines is 2. The molecule has 0 spiro atoms. The molecule has 1 aromatic rings. The molecular formula is C12H21N3O2S. The van der Waals surface area contributed by atoms with E-state index in [0.717, 1.165) is 24.9 Å². The second kappa shape index (κ2) is 5.58. The molecule has 0 aliphatic carbocycles. The van der Waals surface area contributed by atoms with E-state index in [4.69, 9.17) is 5.73 Å². The highest BCUT2D eigenvalue weighted by Crippen LogP contribution is 2.15. The minimum Gasteiger partial charge on any atom is -0.385 e. The average Bonchev–Trinajstić information content (AvgIpc) is 2.16. The molecule has 0 saturated carbocycles. The van der Waals surface area contributed by atoms with Gasteiger partial charge in [0.15, 0.2) is 0 Å². The van der Waals surface area contributed by atoms with E-state index < -0.39 is 10.0 Å². The Labute approximate surface area is 109 Å². The third kappa shape index (κ3) is 6.46. The van der Waals surface area contributed by atoms with Crippen molar-refractivity contribution in [3.05, 3.63) is 24.3 Å². The van der Waals surface area contributed by atoms with E-state index in [1.54, 1.807) is 12.1 Å². The Morgan fingerprint density at radius 1 is 1.17 bits per heavy atom. The molecule has 0 aliphatic rings. The second-order valence-corrected chi connectivity index (χ2v) is 6.87. The first-order valence-electron chi connectivity index (χ1n) is 5.76. The summed E-state index contributed by atoms with van der Waals surface area (Å²) in [6.07, 6.45) is 1.98. The predicted molar refractivity (Wildman–Crippen MR) is 76.3 cm³/mol. The van der Waals surface area contributed by atoms with Crippen LogP contribution in [0.25, 0.3) is 0 Å². The molecular weight excluding hydrogens is 250 g/mol. The van der Waals surface area contributed by atoms with Gasteiger partial charge in [-0.05, 0) is 44.5 Å². The second-order valence-electron chi connectivity index (χ2n) is 5.12. The molecule has 0 bridgehead atoms. The summed E-state index contributed by atoms with van der Waals surface area (Å²) in [5.41, 5.74) is 7.19. The van der Waals surface area contributed by atoms with Crippen molar-refractivity contribution < 1.29 is 8.42 Å². The first kappa shape index (κ1) is 14.8. The van der Waals surface area contributed by atoms with Gasteiger partial charge in [0.1, 0.15) is 0 Å². The van der Waals surface area contributed by atoms with E-state index in [2.05, 4.69) is 10.0 Å². The first-order chi connectivity index (χ1) is 8.16. The lowest BCUT2D eigenvalue weighted by atomic mass is 10.0. The molecule has 0 unspecified atom stereocenters. The summed E-state index contributed by atoms with van der Waals surface area (Å²) in [4.78, 5) is 0. The summed E-state index contributed by atoms with van der Waals surface area (Å²) < 4.78 is 24.5. The molecule has 0 aromatic heterocycles. The van der Waals surface area contributed by atoms with Gasteiger partial charge in [-0.1, -0.05) is 0 Å². The zero-order valence-electron chi connectivity index (χ0n) is 11.0. The SMILES string of the molecule is CC(C)(N)CCNc1ccc(NS(C)(=O)=O)cc1. The highest BCUT2D eigenvalue weighted by molar-refractivity contribution is 7.92. The smallest absolute Gasteiger partial charge is 0.229 e. The van der Waals surface area contributed by atoms with Gasteiger partial charge in [0.05, 0.1) is 6.26 Å². The predicted octanol–water partition coefficient (Wildman–Crippen LogP) is 1.60. The molecule has 1 rings (SSSR count). The van der Waals surface area contributed by atoms with Crippen molar-refractivity contribution in [2.24, 2.45) is 5.73 Å². The molecule has 6 heteroatoms. The quantitative estimate of drug-likeness (QED) is 0.733. The molecule has 18 heavy (non-hydrogen) atoms. The van der Waals surface area contributed by atoms with Gasteiger partial charge in [-0.25, -0.2) is 8.42 Å². The number of hydrogen-bond acceptors (Lipinski definition) is 4. The van der Waals surface area contributed by atoms with Crippen LogP contribution in [0, 0.1) is 0 Å². The minimum absolute atomic E-state index is 0.190. The van der Waals surface area contributed by atoms with Gasteiger partial charge in [0.25, 0.3) is 0 Å². The van der Waals surface area contributed by atoms with Gasteiger partial charge >= 0.3 is 0 Å². The lowest BCUT2D eigenvalue weighted by molar-refractivity contribution is 0.491. The number of rotatable bonds is 6. The van der Waals surface area contributed by atoms with Crippen molar-refractivity contribution in [1.29, 1.82) is 0 Å². The molecule has 0 aliphatic heterocycles. The summed E-state index contributed by atoms with van der Waals surface area (Å²) in [7, 11) is -3.21. The summed E-state index contributed by atoms with van der Waals surface area (Å²) in [6.45, 7) is 4.74. The van der Waals surface area contributed by atoms with Crippen LogP contribution in [0.4, 0.5) is 11.4 Å². The summed E-state index contributed by atoms with van der Waals surface area (Å²) >= 11 is 0. The van der Waals surface area contributed by atoms with Gasteiger partial charge < -0.3 is 11.1 Å². The molecule has 0 fully saturated rings. The van der Waals surface area contributed by atoms with Crippen molar-refractivity contribution >= 4 is 21.4 Å². The van der Waals surface area contributed by atoms with Crippen molar-refractivity contribution in [1.82, 2.24) is 0 Å². The Hall–Kier alpha value is -1.27. The average molecular weight is 271 g/mol. The van der Waals surface area contributed by atoms with E-state index in [1.165, 1.54) is 0 Å². The summed E-state index contributed by atoms with van der Waals surface area (Å²) in [5, 5.41) is 3.23. The highest BCUT2D eigenvalue weighted by Gasteiger charge is 2.09. The summed E-state index contributed by atoms with van der Waals surface area (Å²) in [5.74, 6) is 0. The largest absolute Gasteiger partial charge is 0.385 e. The molecule has 1 aromatic carbocycles. The molecule has 5 nitrogen and oxygen atoms in total. The fourth-order valence-corrected chi connectivity index (χ4v) is 1.96. The van der Waals surface area contributed by atoms with E-state index >= 15 is 0 Å². The van der Waals surface area contributed by atoms with Crippen LogP contribution in [0.15, 0.2) is 24.3 Å². The molecule has 0 atom stereocenters. The fraction of sp³-hybridized carbons (Fsp3) is 0.500. The van der Waals surface area contributed by atoms with Crippen LogP contribution in [0.5, 0.6) is 0 Å². The zero-order valence-corrected chi connectivity index (χ0v) is 11.8. The molecule has 0 radical (unpaired) electrons. The van der Waals surface area contributed by atoms with Crippen LogP contribution < -0.4 is 15.8 Å². The van der Waals surface area contributed by atoms with Gasteiger partial charge in [-0.3, -0.25) is 4.72 Å². The lowest BCUT2D eigenvalue weighted by Gasteiger charge is -2.18. The number of sulfonamides is 1. The van der Waals surface area contributed by atoms with Crippen LogP contribution in [0.2, 0.25) is 0 Å². The Morgan fingerprint density at radius 2 is 1.67 bits per heavy atom. The monoisotopic (exact) mass is 271 g/mol. The summed E-state index contributed by atoms with van der Waals surface area (Å²) in [6, 6.07) is 7.10. The van der Waals surface area contributed by atoms with E-state index in [0.29, 0.717) is 5.69 Å². The Balaban J connectivity index is 2.51. The lowest BCUT2D eigenvalue weighted by Crippen LogP contribution is -2.34. The standard InChI is InChI=1S/C12H21N3O2S/c1-12(2,13)8-9-14-10-4-6-11(7-5-10)15-18(3,16)17/h4-7,14-15H,8-9,13H2,1-3H3. The van der Waals surface area contributed by atoms with Crippen molar-refractivity contribution in [3.63, 3.8) is 0 Å². The Bertz CT molecular complexity index is 475. The maximum atomic E-state index is 11.0. The topological polar surface area (TPSA) is 84.2 Å². The van der Waals surface area contributed by atoms with Gasteiger partial charge in [-0.15, -0.1) is 0 Å². The third-order valence-electron chi connectivity index (χ3n) is 2.29. The fourth-order valence-electron chi connectivity index (χ4n) is 1.40. The van der Waals surface area contributed by atoms with Gasteiger partial charge in [0, 0.05) is 23.5 Å². The van der Waals surface area contributed by atoms with Crippen molar-refractivity contribution in [2.45, 2.75) is 25.8 Å². The molecule has 0 saturated heterocycles. The molecule has 102 valence electrons. The molecule has 4 N–H and O–H groups in total. The highest BCUT2D eigenvalue weighted by atomic mass is 32.2. The normalized spacial score (nSPS) is 12.2. The van der Waals surface area contributed by atoms with E-state index in [9.17, 15) is 8.42 Å². The first-order valence-corrected chi connectivity index (χ1v) is 7.65. The minimum atomic E-state index is -3.21. The van der Waals surface area contributed by atoms with Gasteiger partial charge in [0.2, 0.25) is 10.0 Å². The maximum absolute atomic E-state index is 11.0.